The Bertz CT molecular complexity index is 283. The molecule has 1 aliphatic rings. The second-order valence-electron chi connectivity index (χ2n) is 4.48. The molecule has 0 spiro atoms. The minimum absolute atomic E-state index is 0. The van der Waals surface area contributed by atoms with Gasteiger partial charge in [0.15, 0.2) is 0 Å². The summed E-state index contributed by atoms with van der Waals surface area (Å²) in [4.78, 5) is 2.40. The maximum Gasteiger partial charge on any atom is 0.0231 e. The van der Waals surface area contributed by atoms with Crippen molar-refractivity contribution in [2.75, 3.05) is 20.1 Å². The molecule has 0 bridgehead atoms. The van der Waals surface area contributed by atoms with E-state index in [-0.39, 0.29) is 12.4 Å². The average molecular weight is 241 g/mol. The molecule has 0 aromatic heterocycles. The fraction of sp³-hybridized carbons (Fsp3) is 0.538. The van der Waals surface area contributed by atoms with Crippen LogP contribution >= 0.6 is 12.4 Å². The van der Waals surface area contributed by atoms with Gasteiger partial charge in [-0.05, 0) is 32.0 Å². The van der Waals surface area contributed by atoms with Crippen LogP contribution in [-0.2, 0) is 6.54 Å². The Morgan fingerprint density at radius 1 is 1.31 bits per heavy atom. The maximum absolute atomic E-state index is 3.53. The number of rotatable bonds is 4. The summed E-state index contributed by atoms with van der Waals surface area (Å²) >= 11 is 0. The fourth-order valence-electron chi connectivity index (χ4n) is 2.25. The van der Waals surface area contributed by atoms with Crippen LogP contribution in [0.5, 0.6) is 0 Å². The van der Waals surface area contributed by atoms with E-state index in [1.54, 1.807) is 0 Å². The molecule has 1 N–H and O–H groups in total. The zero-order chi connectivity index (χ0) is 10.5. The first kappa shape index (κ1) is 13.5. The predicted octanol–water partition coefficient (Wildman–Crippen LogP) is 2.29. The highest BCUT2D eigenvalue weighted by molar-refractivity contribution is 5.85. The second kappa shape index (κ2) is 6.89. The Morgan fingerprint density at radius 3 is 2.69 bits per heavy atom. The highest BCUT2D eigenvalue weighted by Crippen LogP contribution is 2.08. The molecule has 0 amide bonds. The lowest BCUT2D eigenvalue weighted by Gasteiger charge is -2.21. The molecule has 1 aliphatic heterocycles. The normalized spacial score (nSPS) is 19.8. The first-order chi connectivity index (χ1) is 7.34. The van der Waals surface area contributed by atoms with Crippen LogP contribution in [-0.4, -0.2) is 31.1 Å². The molecule has 3 heteroatoms. The molecular formula is C13H21ClN2. The van der Waals surface area contributed by atoms with Crippen molar-refractivity contribution in [3.05, 3.63) is 35.9 Å². The van der Waals surface area contributed by atoms with E-state index in [9.17, 15) is 0 Å². The summed E-state index contributed by atoms with van der Waals surface area (Å²) in [5.41, 5.74) is 1.40. The van der Waals surface area contributed by atoms with Gasteiger partial charge < -0.3 is 10.2 Å². The van der Waals surface area contributed by atoms with E-state index >= 15 is 0 Å². The molecule has 1 saturated heterocycles. The summed E-state index contributed by atoms with van der Waals surface area (Å²) < 4.78 is 0. The van der Waals surface area contributed by atoms with Crippen molar-refractivity contribution >= 4 is 12.4 Å². The lowest BCUT2D eigenvalue weighted by molar-refractivity contribution is 0.293. The molecule has 2 rings (SSSR count). The Kier molecular flexibility index (Phi) is 5.81. The molecule has 2 nitrogen and oxygen atoms in total. The van der Waals surface area contributed by atoms with Gasteiger partial charge in [0.05, 0.1) is 0 Å². The van der Waals surface area contributed by atoms with E-state index in [1.165, 1.54) is 24.9 Å². The van der Waals surface area contributed by atoms with Gasteiger partial charge in [-0.2, -0.15) is 0 Å². The predicted molar refractivity (Wildman–Crippen MR) is 71.0 cm³/mol. The maximum atomic E-state index is 3.53. The van der Waals surface area contributed by atoms with Crippen molar-refractivity contribution in [3.63, 3.8) is 0 Å². The van der Waals surface area contributed by atoms with Crippen LogP contribution in [0.15, 0.2) is 30.3 Å². The van der Waals surface area contributed by atoms with E-state index in [0.29, 0.717) is 6.04 Å². The molecular weight excluding hydrogens is 220 g/mol. The van der Waals surface area contributed by atoms with Crippen LogP contribution in [0.3, 0.4) is 0 Å². The quantitative estimate of drug-likeness (QED) is 0.869. The lowest BCUT2D eigenvalue weighted by Crippen LogP contribution is -2.34. The summed E-state index contributed by atoms with van der Waals surface area (Å²) in [5.74, 6) is 0. The first-order valence-electron chi connectivity index (χ1n) is 5.80. The molecule has 0 aliphatic carbocycles. The van der Waals surface area contributed by atoms with E-state index in [4.69, 9.17) is 0 Å². The molecule has 1 fully saturated rings. The number of likely N-dealkylation sites (N-methyl/N-ethyl adjacent to an activating group) is 1. The minimum Gasteiger partial charge on any atom is -0.313 e. The van der Waals surface area contributed by atoms with Gasteiger partial charge in [-0.15, -0.1) is 12.4 Å². The van der Waals surface area contributed by atoms with Crippen LogP contribution in [0.2, 0.25) is 0 Å². The van der Waals surface area contributed by atoms with Gasteiger partial charge in [-0.1, -0.05) is 30.3 Å². The van der Waals surface area contributed by atoms with E-state index in [2.05, 4.69) is 47.6 Å². The van der Waals surface area contributed by atoms with Crippen molar-refractivity contribution in [1.29, 1.82) is 0 Å². The van der Waals surface area contributed by atoms with Crippen LogP contribution in [0.4, 0.5) is 0 Å². The highest BCUT2D eigenvalue weighted by atomic mass is 35.5. The number of hydrogen-bond acceptors (Lipinski definition) is 2. The van der Waals surface area contributed by atoms with Gasteiger partial charge in [0.1, 0.15) is 0 Å². The third-order valence-electron chi connectivity index (χ3n) is 2.99. The van der Waals surface area contributed by atoms with E-state index in [1.807, 2.05) is 0 Å². The molecule has 1 atom stereocenters. The molecule has 16 heavy (non-hydrogen) atoms. The number of benzene rings is 1. The summed E-state index contributed by atoms with van der Waals surface area (Å²) in [6.07, 6.45) is 2.67. The molecule has 1 aromatic rings. The van der Waals surface area contributed by atoms with Crippen LogP contribution in [0, 0.1) is 0 Å². The molecule has 0 radical (unpaired) electrons. The van der Waals surface area contributed by atoms with Crippen molar-refractivity contribution in [2.24, 2.45) is 0 Å². The zero-order valence-corrected chi connectivity index (χ0v) is 10.7. The lowest BCUT2D eigenvalue weighted by atomic mass is 10.2. The third-order valence-corrected chi connectivity index (χ3v) is 2.99. The molecule has 1 unspecified atom stereocenters. The number of nitrogens with zero attached hydrogens (tertiary/aromatic N) is 1. The van der Waals surface area contributed by atoms with Crippen molar-refractivity contribution in [1.82, 2.24) is 10.2 Å². The molecule has 0 saturated carbocycles. The SMILES string of the molecule is CN(Cc1ccccc1)CC1CCCN1.Cl. The fourth-order valence-corrected chi connectivity index (χ4v) is 2.25. The number of halogens is 1. The number of hydrogen-bond donors (Lipinski definition) is 1. The molecule has 1 aromatic carbocycles. The Balaban J connectivity index is 0.00000128. The van der Waals surface area contributed by atoms with Crippen LogP contribution < -0.4 is 5.32 Å². The molecule has 1 heterocycles. The van der Waals surface area contributed by atoms with E-state index < -0.39 is 0 Å². The van der Waals surface area contributed by atoms with Crippen molar-refractivity contribution in [2.45, 2.75) is 25.4 Å². The van der Waals surface area contributed by atoms with Crippen LogP contribution in [0.1, 0.15) is 18.4 Å². The van der Waals surface area contributed by atoms with Crippen molar-refractivity contribution < 1.29 is 0 Å². The Hall–Kier alpha value is -0.570. The third kappa shape index (κ3) is 4.12. The van der Waals surface area contributed by atoms with Gasteiger partial charge in [0.2, 0.25) is 0 Å². The topological polar surface area (TPSA) is 15.3 Å². The highest BCUT2D eigenvalue weighted by Gasteiger charge is 2.15. The standard InChI is InChI=1S/C13H20N2.ClH/c1-15(11-13-8-5-9-14-13)10-12-6-3-2-4-7-12;/h2-4,6-7,13-14H,5,8-11H2,1H3;1H. The van der Waals surface area contributed by atoms with Gasteiger partial charge in [-0.3, -0.25) is 0 Å². The summed E-state index contributed by atoms with van der Waals surface area (Å²) in [5, 5.41) is 3.53. The van der Waals surface area contributed by atoms with Gasteiger partial charge >= 0.3 is 0 Å². The van der Waals surface area contributed by atoms with Gasteiger partial charge in [-0.25, -0.2) is 0 Å². The minimum atomic E-state index is 0. The Morgan fingerprint density at radius 2 is 2.06 bits per heavy atom. The average Bonchev–Trinajstić information content (AvgIpc) is 2.71. The summed E-state index contributed by atoms with van der Waals surface area (Å²) in [7, 11) is 2.20. The summed E-state index contributed by atoms with van der Waals surface area (Å²) in [6, 6.07) is 11.4. The summed E-state index contributed by atoms with van der Waals surface area (Å²) in [6.45, 7) is 3.41. The molecule has 90 valence electrons. The zero-order valence-electron chi connectivity index (χ0n) is 9.86. The smallest absolute Gasteiger partial charge is 0.0231 e. The van der Waals surface area contributed by atoms with Crippen LogP contribution in [0.25, 0.3) is 0 Å². The monoisotopic (exact) mass is 240 g/mol. The van der Waals surface area contributed by atoms with E-state index in [0.717, 1.165) is 13.1 Å². The second-order valence-corrected chi connectivity index (χ2v) is 4.48. The largest absolute Gasteiger partial charge is 0.313 e. The first-order valence-corrected chi connectivity index (χ1v) is 5.80. The Labute approximate surface area is 104 Å². The number of nitrogens with one attached hydrogen (secondary N) is 1. The van der Waals surface area contributed by atoms with Gasteiger partial charge in [0, 0.05) is 19.1 Å². The van der Waals surface area contributed by atoms with Gasteiger partial charge in [0.25, 0.3) is 0 Å². The van der Waals surface area contributed by atoms with Crippen molar-refractivity contribution in [3.8, 4) is 0 Å².